The standard InChI is InChI=1S/C15H21ClO3/c1-12(16)3-6-15(9-10-17)19-11-13-4-7-14(18-2)8-5-13/h3-5,7-8,15,17H,6,9-11H2,1-2H3. The van der Waals surface area contributed by atoms with Crippen LogP contribution in [-0.4, -0.2) is 24.9 Å². The van der Waals surface area contributed by atoms with Gasteiger partial charge in [-0.3, -0.25) is 0 Å². The maximum absolute atomic E-state index is 9.02. The molecule has 106 valence electrons. The van der Waals surface area contributed by atoms with Crippen molar-refractivity contribution < 1.29 is 14.6 Å². The Kier molecular flexibility index (Phi) is 7.56. The molecule has 1 aromatic rings. The van der Waals surface area contributed by atoms with Crippen LogP contribution in [0.2, 0.25) is 0 Å². The summed E-state index contributed by atoms with van der Waals surface area (Å²) >= 11 is 5.80. The molecule has 0 aliphatic rings. The number of aliphatic hydroxyl groups is 1. The van der Waals surface area contributed by atoms with E-state index in [0.717, 1.165) is 16.3 Å². The number of methoxy groups -OCH3 is 1. The van der Waals surface area contributed by atoms with E-state index in [0.29, 0.717) is 19.4 Å². The zero-order valence-corrected chi connectivity index (χ0v) is 12.2. The maximum Gasteiger partial charge on any atom is 0.118 e. The average Bonchev–Trinajstić information content (AvgIpc) is 2.42. The molecule has 1 unspecified atom stereocenters. The van der Waals surface area contributed by atoms with Crippen molar-refractivity contribution >= 4 is 11.6 Å². The third kappa shape index (κ3) is 6.62. The lowest BCUT2D eigenvalue weighted by Gasteiger charge is -2.15. The first-order valence-electron chi connectivity index (χ1n) is 6.33. The fraction of sp³-hybridized carbons (Fsp3) is 0.467. The molecule has 1 rings (SSSR count). The van der Waals surface area contributed by atoms with Crippen LogP contribution >= 0.6 is 11.6 Å². The molecule has 0 aromatic heterocycles. The van der Waals surface area contributed by atoms with Crippen molar-refractivity contribution in [3.63, 3.8) is 0 Å². The Bertz CT molecular complexity index is 383. The van der Waals surface area contributed by atoms with Crippen LogP contribution in [0, 0.1) is 0 Å². The molecule has 4 heteroatoms. The van der Waals surface area contributed by atoms with E-state index in [-0.39, 0.29) is 12.7 Å². The van der Waals surface area contributed by atoms with Gasteiger partial charge < -0.3 is 14.6 Å². The predicted molar refractivity (Wildman–Crippen MR) is 77.5 cm³/mol. The summed E-state index contributed by atoms with van der Waals surface area (Å²) in [4.78, 5) is 0. The van der Waals surface area contributed by atoms with E-state index in [1.807, 2.05) is 37.3 Å². The van der Waals surface area contributed by atoms with E-state index < -0.39 is 0 Å². The van der Waals surface area contributed by atoms with Gasteiger partial charge in [0, 0.05) is 11.6 Å². The van der Waals surface area contributed by atoms with Gasteiger partial charge in [-0.1, -0.05) is 29.8 Å². The Balaban J connectivity index is 2.47. The number of ether oxygens (including phenoxy) is 2. The first kappa shape index (κ1) is 16.0. The first-order chi connectivity index (χ1) is 9.15. The summed E-state index contributed by atoms with van der Waals surface area (Å²) in [5.41, 5.74) is 1.08. The van der Waals surface area contributed by atoms with Gasteiger partial charge in [0.2, 0.25) is 0 Å². The molecule has 0 bridgehead atoms. The van der Waals surface area contributed by atoms with Crippen LogP contribution in [-0.2, 0) is 11.3 Å². The molecule has 0 amide bonds. The second-order valence-electron chi connectivity index (χ2n) is 4.32. The molecular weight excluding hydrogens is 264 g/mol. The molecule has 0 spiro atoms. The summed E-state index contributed by atoms with van der Waals surface area (Å²) in [6, 6.07) is 7.75. The molecule has 1 aromatic carbocycles. The third-order valence-electron chi connectivity index (χ3n) is 2.76. The van der Waals surface area contributed by atoms with Gasteiger partial charge in [-0.2, -0.15) is 0 Å². The summed E-state index contributed by atoms with van der Waals surface area (Å²) in [5, 5.41) is 9.76. The van der Waals surface area contributed by atoms with Crippen LogP contribution < -0.4 is 4.74 Å². The Labute approximate surface area is 119 Å². The monoisotopic (exact) mass is 284 g/mol. The van der Waals surface area contributed by atoms with Crippen LogP contribution in [0.1, 0.15) is 25.3 Å². The first-order valence-corrected chi connectivity index (χ1v) is 6.71. The van der Waals surface area contributed by atoms with Crippen molar-refractivity contribution in [2.24, 2.45) is 0 Å². The van der Waals surface area contributed by atoms with E-state index >= 15 is 0 Å². The lowest BCUT2D eigenvalue weighted by molar-refractivity contribution is 0.0261. The summed E-state index contributed by atoms with van der Waals surface area (Å²) in [5.74, 6) is 0.830. The number of allylic oxidation sites excluding steroid dienone is 1. The molecule has 0 saturated carbocycles. The molecule has 19 heavy (non-hydrogen) atoms. The van der Waals surface area contributed by atoms with Crippen molar-refractivity contribution in [2.45, 2.75) is 32.5 Å². The zero-order chi connectivity index (χ0) is 14.1. The highest BCUT2D eigenvalue weighted by molar-refractivity contribution is 6.29. The van der Waals surface area contributed by atoms with Crippen molar-refractivity contribution in [3.8, 4) is 5.75 Å². The van der Waals surface area contributed by atoms with Crippen LogP contribution in [0.25, 0.3) is 0 Å². The zero-order valence-electron chi connectivity index (χ0n) is 11.4. The number of halogens is 1. The molecule has 0 fully saturated rings. The number of aliphatic hydroxyl groups excluding tert-OH is 1. The van der Waals surface area contributed by atoms with Gasteiger partial charge in [0.15, 0.2) is 0 Å². The van der Waals surface area contributed by atoms with E-state index in [1.54, 1.807) is 7.11 Å². The quantitative estimate of drug-likeness (QED) is 0.794. The summed E-state index contributed by atoms with van der Waals surface area (Å²) in [6.07, 6.45) is 3.22. The molecule has 0 aliphatic carbocycles. The highest BCUT2D eigenvalue weighted by Crippen LogP contribution is 2.15. The molecule has 1 atom stereocenters. The van der Waals surface area contributed by atoms with E-state index in [4.69, 9.17) is 26.2 Å². The van der Waals surface area contributed by atoms with Crippen LogP contribution in [0.3, 0.4) is 0 Å². The Morgan fingerprint density at radius 2 is 2.05 bits per heavy atom. The molecule has 0 aliphatic heterocycles. The average molecular weight is 285 g/mol. The summed E-state index contributed by atoms with van der Waals surface area (Å²) < 4.78 is 10.9. The second kappa shape index (κ2) is 8.97. The Morgan fingerprint density at radius 1 is 1.37 bits per heavy atom. The predicted octanol–water partition coefficient (Wildman–Crippen LogP) is 3.50. The van der Waals surface area contributed by atoms with Crippen LogP contribution in [0.15, 0.2) is 35.4 Å². The SMILES string of the molecule is COc1ccc(COC(CC=C(C)Cl)CCO)cc1. The molecular formula is C15H21ClO3. The highest BCUT2D eigenvalue weighted by Gasteiger charge is 2.07. The van der Waals surface area contributed by atoms with Crippen molar-refractivity contribution in [3.05, 3.63) is 40.9 Å². The van der Waals surface area contributed by atoms with Crippen LogP contribution in [0.5, 0.6) is 5.75 Å². The minimum Gasteiger partial charge on any atom is -0.497 e. The van der Waals surface area contributed by atoms with E-state index in [2.05, 4.69) is 0 Å². The molecule has 3 nitrogen and oxygen atoms in total. The summed E-state index contributed by atoms with van der Waals surface area (Å²) in [7, 11) is 1.64. The van der Waals surface area contributed by atoms with E-state index in [9.17, 15) is 0 Å². The minimum atomic E-state index is -0.0131. The maximum atomic E-state index is 9.02. The van der Waals surface area contributed by atoms with Crippen molar-refractivity contribution in [1.82, 2.24) is 0 Å². The van der Waals surface area contributed by atoms with Crippen LogP contribution in [0.4, 0.5) is 0 Å². The minimum absolute atomic E-state index is 0.0131. The van der Waals surface area contributed by atoms with E-state index in [1.165, 1.54) is 0 Å². The summed E-state index contributed by atoms with van der Waals surface area (Å²) in [6.45, 7) is 2.47. The van der Waals surface area contributed by atoms with Gasteiger partial charge in [-0.05, 0) is 37.5 Å². The van der Waals surface area contributed by atoms with Gasteiger partial charge in [0.25, 0.3) is 0 Å². The number of benzene rings is 1. The second-order valence-corrected chi connectivity index (χ2v) is 4.92. The number of hydrogen-bond acceptors (Lipinski definition) is 3. The molecule has 0 heterocycles. The van der Waals surface area contributed by atoms with Gasteiger partial charge >= 0.3 is 0 Å². The normalized spacial score (nSPS) is 13.4. The Hall–Kier alpha value is -1.03. The number of hydrogen-bond donors (Lipinski definition) is 1. The largest absolute Gasteiger partial charge is 0.497 e. The topological polar surface area (TPSA) is 38.7 Å². The fourth-order valence-corrected chi connectivity index (χ4v) is 1.73. The lowest BCUT2D eigenvalue weighted by Crippen LogP contribution is -2.14. The van der Waals surface area contributed by atoms with Crippen molar-refractivity contribution in [2.75, 3.05) is 13.7 Å². The third-order valence-corrected chi connectivity index (χ3v) is 2.91. The molecule has 0 radical (unpaired) electrons. The fourth-order valence-electron chi connectivity index (χ4n) is 1.64. The lowest BCUT2D eigenvalue weighted by atomic mass is 10.1. The van der Waals surface area contributed by atoms with Gasteiger partial charge in [0.05, 0.1) is 19.8 Å². The van der Waals surface area contributed by atoms with Gasteiger partial charge in [0.1, 0.15) is 5.75 Å². The highest BCUT2D eigenvalue weighted by atomic mass is 35.5. The Morgan fingerprint density at radius 3 is 2.58 bits per heavy atom. The number of rotatable bonds is 8. The van der Waals surface area contributed by atoms with Gasteiger partial charge in [-0.15, -0.1) is 0 Å². The smallest absolute Gasteiger partial charge is 0.118 e. The molecule has 1 N–H and O–H groups in total. The van der Waals surface area contributed by atoms with Crippen molar-refractivity contribution in [1.29, 1.82) is 0 Å². The van der Waals surface area contributed by atoms with Gasteiger partial charge in [-0.25, -0.2) is 0 Å². The molecule has 0 saturated heterocycles.